The van der Waals surface area contributed by atoms with Crippen LogP contribution in [0.3, 0.4) is 0 Å². The van der Waals surface area contributed by atoms with Gasteiger partial charge in [-0.05, 0) is 31.7 Å². The standard InChI is InChI=1S/C13H22N2S/c1-4-12-9-15(10(2)8-14-12)11(3)13-6-5-7-16-13/h5-7,10-12,14H,4,8-9H2,1-3H3. The van der Waals surface area contributed by atoms with E-state index in [1.165, 1.54) is 17.8 Å². The van der Waals surface area contributed by atoms with Crippen molar-refractivity contribution in [3.63, 3.8) is 0 Å². The second kappa shape index (κ2) is 5.30. The van der Waals surface area contributed by atoms with Crippen molar-refractivity contribution in [2.24, 2.45) is 0 Å². The van der Waals surface area contributed by atoms with E-state index >= 15 is 0 Å². The molecule has 16 heavy (non-hydrogen) atoms. The normalized spacial score (nSPS) is 29.2. The molecule has 1 N–H and O–H groups in total. The summed E-state index contributed by atoms with van der Waals surface area (Å²) >= 11 is 1.87. The van der Waals surface area contributed by atoms with Gasteiger partial charge in [0.1, 0.15) is 0 Å². The van der Waals surface area contributed by atoms with Gasteiger partial charge in [0.15, 0.2) is 0 Å². The summed E-state index contributed by atoms with van der Waals surface area (Å²) in [5, 5.41) is 5.79. The zero-order valence-corrected chi connectivity index (χ0v) is 11.3. The van der Waals surface area contributed by atoms with E-state index in [-0.39, 0.29) is 0 Å². The van der Waals surface area contributed by atoms with Gasteiger partial charge < -0.3 is 5.32 Å². The predicted molar refractivity (Wildman–Crippen MR) is 71.0 cm³/mol. The van der Waals surface area contributed by atoms with Crippen LogP contribution in [0.1, 0.15) is 38.1 Å². The average Bonchev–Trinajstić information content (AvgIpc) is 2.82. The molecule has 0 aliphatic carbocycles. The van der Waals surface area contributed by atoms with Crippen molar-refractivity contribution in [3.8, 4) is 0 Å². The van der Waals surface area contributed by atoms with Crippen LogP contribution in [0, 0.1) is 0 Å². The molecule has 1 aliphatic heterocycles. The molecule has 3 unspecified atom stereocenters. The predicted octanol–water partition coefficient (Wildman–Crippen LogP) is 2.88. The fourth-order valence-electron chi connectivity index (χ4n) is 2.46. The monoisotopic (exact) mass is 238 g/mol. The van der Waals surface area contributed by atoms with Crippen molar-refractivity contribution in [3.05, 3.63) is 22.4 Å². The van der Waals surface area contributed by atoms with E-state index in [2.05, 4.69) is 48.5 Å². The first kappa shape index (κ1) is 12.1. The molecule has 1 aliphatic rings. The maximum absolute atomic E-state index is 3.61. The molecular weight excluding hydrogens is 216 g/mol. The van der Waals surface area contributed by atoms with Gasteiger partial charge in [0, 0.05) is 36.1 Å². The molecule has 2 heterocycles. The second-order valence-electron chi connectivity index (χ2n) is 4.75. The maximum Gasteiger partial charge on any atom is 0.0417 e. The van der Waals surface area contributed by atoms with Gasteiger partial charge in [-0.2, -0.15) is 0 Å². The molecule has 2 rings (SSSR count). The first-order valence-corrected chi connectivity index (χ1v) is 7.12. The number of piperazine rings is 1. The lowest BCUT2D eigenvalue weighted by Crippen LogP contribution is -2.55. The minimum absolute atomic E-state index is 0.561. The first-order valence-electron chi connectivity index (χ1n) is 6.25. The Morgan fingerprint density at radius 2 is 2.44 bits per heavy atom. The summed E-state index contributed by atoms with van der Waals surface area (Å²) in [6.07, 6.45) is 1.22. The van der Waals surface area contributed by atoms with Crippen molar-refractivity contribution in [1.29, 1.82) is 0 Å². The molecule has 1 saturated heterocycles. The highest BCUT2D eigenvalue weighted by Gasteiger charge is 2.28. The Bertz CT molecular complexity index is 310. The van der Waals surface area contributed by atoms with Crippen LogP contribution >= 0.6 is 11.3 Å². The highest BCUT2D eigenvalue weighted by Crippen LogP contribution is 2.27. The molecular formula is C13H22N2S. The van der Waals surface area contributed by atoms with Crippen LogP contribution in [-0.4, -0.2) is 30.1 Å². The summed E-state index contributed by atoms with van der Waals surface area (Å²) in [4.78, 5) is 4.12. The second-order valence-corrected chi connectivity index (χ2v) is 5.73. The van der Waals surface area contributed by atoms with Gasteiger partial charge in [0.05, 0.1) is 0 Å². The molecule has 0 amide bonds. The quantitative estimate of drug-likeness (QED) is 0.871. The molecule has 1 fully saturated rings. The number of thiophene rings is 1. The van der Waals surface area contributed by atoms with Crippen molar-refractivity contribution in [2.45, 2.75) is 45.3 Å². The van der Waals surface area contributed by atoms with Gasteiger partial charge in [-0.15, -0.1) is 11.3 Å². The Labute approximate surface area is 103 Å². The maximum atomic E-state index is 3.61. The molecule has 0 bridgehead atoms. The summed E-state index contributed by atoms with van der Waals surface area (Å²) in [6, 6.07) is 6.27. The molecule has 0 aromatic carbocycles. The number of rotatable bonds is 3. The zero-order chi connectivity index (χ0) is 11.5. The number of hydrogen-bond acceptors (Lipinski definition) is 3. The fourth-order valence-corrected chi connectivity index (χ4v) is 3.26. The highest BCUT2D eigenvalue weighted by molar-refractivity contribution is 7.10. The summed E-state index contributed by atoms with van der Waals surface area (Å²) in [7, 11) is 0. The van der Waals surface area contributed by atoms with Crippen LogP contribution in [-0.2, 0) is 0 Å². The van der Waals surface area contributed by atoms with Crippen LogP contribution in [0.15, 0.2) is 17.5 Å². The summed E-state index contributed by atoms with van der Waals surface area (Å²) in [5.74, 6) is 0. The molecule has 0 radical (unpaired) electrons. The van der Waals surface area contributed by atoms with E-state index < -0.39 is 0 Å². The lowest BCUT2D eigenvalue weighted by atomic mass is 10.0. The summed E-state index contributed by atoms with van der Waals surface area (Å²) in [5.41, 5.74) is 0. The van der Waals surface area contributed by atoms with E-state index in [1.54, 1.807) is 0 Å². The number of nitrogens with zero attached hydrogens (tertiary/aromatic N) is 1. The lowest BCUT2D eigenvalue weighted by Gasteiger charge is -2.41. The third-order valence-corrected chi connectivity index (χ3v) is 4.69. The SMILES string of the molecule is CCC1CN(C(C)c2cccs2)C(C)CN1. The van der Waals surface area contributed by atoms with Crippen molar-refractivity contribution >= 4 is 11.3 Å². The minimum Gasteiger partial charge on any atom is -0.311 e. The topological polar surface area (TPSA) is 15.3 Å². The van der Waals surface area contributed by atoms with Crippen LogP contribution in [0.2, 0.25) is 0 Å². The fraction of sp³-hybridized carbons (Fsp3) is 0.692. The van der Waals surface area contributed by atoms with E-state index in [0.29, 0.717) is 18.1 Å². The van der Waals surface area contributed by atoms with Gasteiger partial charge >= 0.3 is 0 Å². The third-order valence-electron chi connectivity index (χ3n) is 3.64. The van der Waals surface area contributed by atoms with E-state index in [9.17, 15) is 0 Å². The molecule has 0 spiro atoms. The largest absolute Gasteiger partial charge is 0.311 e. The molecule has 1 aromatic rings. The van der Waals surface area contributed by atoms with Gasteiger partial charge in [-0.3, -0.25) is 4.90 Å². The molecule has 2 nitrogen and oxygen atoms in total. The molecule has 3 heteroatoms. The van der Waals surface area contributed by atoms with Crippen LogP contribution in [0.4, 0.5) is 0 Å². The van der Waals surface area contributed by atoms with E-state index in [0.717, 1.165) is 6.54 Å². The van der Waals surface area contributed by atoms with Crippen molar-refractivity contribution in [2.75, 3.05) is 13.1 Å². The van der Waals surface area contributed by atoms with Gasteiger partial charge in [0.25, 0.3) is 0 Å². The Balaban J connectivity index is 2.06. The zero-order valence-electron chi connectivity index (χ0n) is 10.4. The van der Waals surface area contributed by atoms with Crippen LogP contribution < -0.4 is 5.32 Å². The van der Waals surface area contributed by atoms with Crippen LogP contribution in [0.5, 0.6) is 0 Å². The first-order chi connectivity index (χ1) is 7.72. The highest BCUT2D eigenvalue weighted by atomic mass is 32.1. The van der Waals surface area contributed by atoms with Crippen LogP contribution in [0.25, 0.3) is 0 Å². The smallest absolute Gasteiger partial charge is 0.0417 e. The Kier molecular flexibility index (Phi) is 4.00. The molecule has 1 aromatic heterocycles. The third kappa shape index (κ3) is 2.47. The van der Waals surface area contributed by atoms with Crippen molar-refractivity contribution in [1.82, 2.24) is 10.2 Å². The summed E-state index contributed by atoms with van der Waals surface area (Å²) < 4.78 is 0. The Morgan fingerprint density at radius 1 is 1.62 bits per heavy atom. The van der Waals surface area contributed by atoms with Gasteiger partial charge in [-0.1, -0.05) is 13.0 Å². The number of nitrogens with one attached hydrogen (secondary N) is 1. The minimum atomic E-state index is 0.561. The Hall–Kier alpha value is -0.380. The molecule has 3 atom stereocenters. The van der Waals surface area contributed by atoms with E-state index in [1.807, 2.05) is 11.3 Å². The lowest BCUT2D eigenvalue weighted by molar-refractivity contribution is 0.0991. The number of hydrogen-bond donors (Lipinski definition) is 1. The van der Waals surface area contributed by atoms with Gasteiger partial charge in [-0.25, -0.2) is 0 Å². The molecule has 0 saturated carbocycles. The van der Waals surface area contributed by atoms with Crippen molar-refractivity contribution < 1.29 is 0 Å². The summed E-state index contributed by atoms with van der Waals surface area (Å²) in [6.45, 7) is 9.22. The average molecular weight is 238 g/mol. The molecule has 90 valence electrons. The Morgan fingerprint density at radius 3 is 3.06 bits per heavy atom. The van der Waals surface area contributed by atoms with Gasteiger partial charge in [0.2, 0.25) is 0 Å². The van der Waals surface area contributed by atoms with E-state index in [4.69, 9.17) is 0 Å².